The Bertz CT molecular complexity index is 482. The van der Waals surface area contributed by atoms with Crippen molar-refractivity contribution in [2.75, 3.05) is 55.9 Å². The Morgan fingerprint density at radius 3 is 2.81 bits per heavy atom. The average molecular weight is 313 g/mol. The van der Waals surface area contributed by atoms with Crippen LogP contribution in [0, 0.1) is 0 Å². The largest absolute Gasteiger partial charge is 0.465 e. The number of carbonyl (C=O) groups is 1. The van der Waals surface area contributed by atoms with E-state index in [4.69, 9.17) is 9.47 Å². The van der Waals surface area contributed by atoms with Gasteiger partial charge in [0.2, 0.25) is 11.9 Å². The van der Waals surface area contributed by atoms with Crippen molar-refractivity contribution in [3.05, 3.63) is 0 Å². The molecule has 2 rings (SSSR count). The third-order valence-electron chi connectivity index (χ3n) is 2.75. The van der Waals surface area contributed by atoms with Crippen molar-refractivity contribution in [3.8, 4) is 0 Å². The first-order valence-electron chi connectivity index (χ1n) is 6.78. The average Bonchev–Trinajstić information content (AvgIpc) is 2.54. The summed E-state index contributed by atoms with van der Waals surface area (Å²) in [5.74, 6) is 0.993. The van der Waals surface area contributed by atoms with E-state index in [1.54, 1.807) is 14.0 Å². The molecule has 2 heterocycles. The SMILES string of the molecule is CCOC(=O)CSc1nc(NC)nc(N2CCOCC2)n1. The van der Waals surface area contributed by atoms with Crippen LogP contribution in [0.25, 0.3) is 0 Å². The van der Waals surface area contributed by atoms with Gasteiger partial charge in [-0.1, -0.05) is 11.8 Å². The zero-order chi connectivity index (χ0) is 15.1. The number of rotatable bonds is 6. The molecule has 1 saturated heterocycles. The number of hydrogen-bond acceptors (Lipinski definition) is 9. The van der Waals surface area contributed by atoms with E-state index in [0.717, 1.165) is 13.1 Å². The fourth-order valence-electron chi connectivity index (χ4n) is 1.75. The van der Waals surface area contributed by atoms with Gasteiger partial charge in [-0.25, -0.2) is 0 Å². The number of esters is 1. The highest BCUT2D eigenvalue weighted by atomic mass is 32.2. The van der Waals surface area contributed by atoms with Gasteiger partial charge in [0, 0.05) is 20.1 Å². The van der Waals surface area contributed by atoms with Crippen molar-refractivity contribution >= 4 is 29.6 Å². The number of morpholine rings is 1. The summed E-state index contributed by atoms with van der Waals surface area (Å²) in [7, 11) is 1.75. The minimum absolute atomic E-state index is 0.184. The first-order chi connectivity index (χ1) is 10.2. The highest BCUT2D eigenvalue weighted by Crippen LogP contribution is 2.19. The second-order valence-electron chi connectivity index (χ2n) is 4.18. The van der Waals surface area contributed by atoms with Crippen LogP contribution < -0.4 is 10.2 Å². The Morgan fingerprint density at radius 2 is 2.14 bits per heavy atom. The number of hydrogen-bond donors (Lipinski definition) is 1. The summed E-state index contributed by atoms with van der Waals surface area (Å²) in [6.45, 7) is 4.96. The first kappa shape index (κ1) is 15.8. The molecular formula is C12H19N5O3S. The minimum Gasteiger partial charge on any atom is -0.465 e. The van der Waals surface area contributed by atoms with E-state index >= 15 is 0 Å². The lowest BCUT2D eigenvalue weighted by Crippen LogP contribution is -2.37. The summed E-state index contributed by atoms with van der Waals surface area (Å²) >= 11 is 1.24. The molecule has 0 amide bonds. The molecular weight excluding hydrogens is 294 g/mol. The monoisotopic (exact) mass is 313 g/mol. The summed E-state index contributed by atoms with van der Waals surface area (Å²) in [5.41, 5.74) is 0. The van der Waals surface area contributed by atoms with Crippen molar-refractivity contribution in [1.29, 1.82) is 0 Å². The number of ether oxygens (including phenoxy) is 2. The van der Waals surface area contributed by atoms with Gasteiger partial charge < -0.3 is 19.7 Å². The van der Waals surface area contributed by atoms with Crippen LogP contribution in [0.4, 0.5) is 11.9 Å². The highest BCUT2D eigenvalue weighted by Gasteiger charge is 2.17. The molecule has 1 aliphatic rings. The number of nitrogens with zero attached hydrogens (tertiary/aromatic N) is 4. The molecule has 0 unspecified atom stereocenters. The number of nitrogens with one attached hydrogen (secondary N) is 1. The summed E-state index contributed by atoms with van der Waals surface area (Å²) in [5, 5.41) is 3.41. The Morgan fingerprint density at radius 1 is 1.38 bits per heavy atom. The van der Waals surface area contributed by atoms with Crippen LogP contribution >= 0.6 is 11.8 Å². The molecule has 0 aliphatic carbocycles. The molecule has 1 aliphatic heterocycles. The van der Waals surface area contributed by atoms with Gasteiger partial charge in [0.1, 0.15) is 0 Å². The van der Waals surface area contributed by atoms with Crippen molar-refractivity contribution < 1.29 is 14.3 Å². The zero-order valence-electron chi connectivity index (χ0n) is 12.2. The standard InChI is InChI=1S/C12H19N5O3S/c1-3-20-9(18)8-21-12-15-10(13-2)14-11(16-12)17-4-6-19-7-5-17/h3-8H2,1-2H3,(H,13,14,15,16). The van der Waals surface area contributed by atoms with E-state index in [9.17, 15) is 4.79 Å². The number of anilines is 2. The van der Waals surface area contributed by atoms with Crippen LogP contribution in [-0.4, -0.2) is 66.6 Å². The third-order valence-corrected chi connectivity index (χ3v) is 3.57. The van der Waals surface area contributed by atoms with Gasteiger partial charge in [0.05, 0.1) is 25.6 Å². The predicted molar refractivity (Wildman–Crippen MR) is 79.8 cm³/mol. The molecule has 1 aromatic rings. The van der Waals surface area contributed by atoms with Gasteiger partial charge in [-0.05, 0) is 6.92 Å². The van der Waals surface area contributed by atoms with Crippen LogP contribution in [0.15, 0.2) is 5.16 Å². The molecule has 9 heteroatoms. The quantitative estimate of drug-likeness (QED) is 0.592. The van der Waals surface area contributed by atoms with Crippen LogP contribution in [-0.2, 0) is 14.3 Å². The second kappa shape index (κ2) is 7.99. The van der Waals surface area contributed by atoms with Crippen LogP contribution in [0.1, 0.15) is 6.92 Å². The predicted octanol–water partition coefficient (Wildman–Crippen LogP) is 0.405. The van der Waals surface area contributed by atoms with Crippen molar-refractivity contribution in [2.24, 2.45) is 0 Å². The van der Waals surface area contributed by atoms with E-state index in [-0.39, 0.29) is 11.7 Å². The molecule has 0 radical (unpaired) electrons. The zero-order valence-corrected chi connectivity index (χ0v) is 13.0. The Labute approximate surface area is 127 Å². The minimum atomic E-state index is -0.276. The lowest BCUT2D eigenvalue weighted by Gasteiger charge is -2.26. The molecule has 0 saturated carbocycles. The smallest absolute Gasteiger partial charge is 0.316 e. The summed E-state index contributed by atoms with van der Waals surface area (Å²) in [6, 6.07) is 0. The van der Waals surface area contributed by atoms with E-state index in [1.165, 1.54) is 11.8 Å². The highest BCUT2D eigenvalue weighted by molar-refractivity contribution is 7.99. The molecule has 0 spiro atoms. The summed E-state index contributed by atoms with van der Waals surface area (Å²) < 4.78 is 10.2. The molecule has 21 heavy (non-hydrogen) atoms. The normalized spacial score (nSPS) is 14.9. The summed E-state index contributed by atoms with van der Waals surface area (Å²) in [4.78, 5) is 26.4. The van der Waals surface area contributed by atoms with Gasteiger partial charge in [0.25, 0.3) is 0 Å². The fraction of sp³-hybridized carbons (Fsp3) is 0.667. The maximum atomic E-state index is 11.4. The summed E-state index contributed by atoms with van der Waals surface area (Å²) in [6.07, 6.45) is 0. The van der Waals surface area contributed by atoms with Crippen LogP contribution in [0.5, 0.6) is 0 Å². The van der Waals surface area contributed by atoms with E-state index in [0.29, 0.717) is 36.9 Å². The Balaban J connectivity index is 2.07. The molecule has 116 valence electrons. The number of aromatic nitrogens is 3. The Kier molecular flexibility index (Phi) is 6.00. The topological polar surface area (TPSA) is 89.5 Å². The van der Waals surface area contributed by atoms with Gasteiger partial charge >= 0.3 is 5.97 Å². The van der Waals surface area contributed by atoms with Crippen molar-refractivity contribution in [3.63, 3.8) is 0 Å². The molecule has 0 aromatic carbocycles. The maximum absolute atomic E-state index is 11.4. The van der Waals surface area contributed by atoms with Crippen LogP contribution in [0.3, 0.4) is 0 Å². The molecule has 0 atom stereocenters. The van der Waals surface area contributed by atoms with E-state index in [1.807, 2.05) is 4.90 Å². The molecule has 1 aromatic heterocycles. The van der Waals surface area contributed by atoms with Gasteiger partial charge in [-0.2, -0.15) is 15.0 Å². The van der Waals surface area contributed by atoms with Crippen LogP contribution in [0.2, 0.25) is 0 Å². The van der Waals surface area contributed by atoms with Gasteiger partial charge in [0.15, 0.2) is 5.16 Å². The van der Waals surface area contributed by atoms with Crippen molar-refractivity contribution in [1.82, 2.24) is 15.0 Å². The molecule has 1 fully saturated rings. The second-order valence-corrected chi connectivity index (χ2v) is 5.13. The third kappa shape index (κ3) is 4.71. The van der Waals surface area contributed by atoms with E-state index < -0.39 is 0 Å². The fourth-order valence-corrected chi connectivity index (χ4v) is 2.38. The molecule has 1 N–H and O–H groups in total. The van der Waals surface area contributed by atoms with E-state index in [2.05, 4.69) is 20.3 Å². The molecule has 8 nitrogen and oxygen atoms in total. The Hall–Kier alpha value is -1.61. The number of carbonyl (C=O) groups excluding carboxylic acids is 1. The van der Waals surface area contributed by atoms with Gasteiger partial charge in [-0.3, -0.25) is 4.79 Å². The van der Waals surface area contributed by atoms with Crippen molar-refractivity contribution in [2.45, 2.75) is 12.1 Å². The number of thioether (sulfide) groups is 1. The maximum Gasteiger partial charge on any atom is 0.316 e. The lowest BCUT2D eigenvalue weighted by molar-refractivity contribution is -0.139. The van der Waals surface area contributed by atoms with Gasteiger partial charge in [-0.15, -0.1) is 0 Å². The lowest BCUT2D eigenvalue weighted by atomic mass is 10.4. The molecule has 0 bridgehead atoms. The first-order valence-corrected chi connectivity index (χ1v) is 7.76.